The van der Waals surface area contributed by atoms with Crippen molar-refractivity contribution in [2.24, 2.45) is 0 Å². The van der Waals surface area contributed by atoms with Gasteiger partial charge in [0.25, 0.3) is 0 Å². The summed E-state index contributed by atoms with van der Waals surface area (Å²) in [5.74, 6) is 1.62. The van der Waals surface area contributed by atoms with Crippen LogP contribution < -0.4 is 14.8 Å². The van der Waals surface area contributed by atoms with Crippen molar-refractivity contribution < 1.29 is 14.3 Å². The third kappa shape index (κ3) is 7.19. The number of methoxy groups -OCH3 is 1. The second-order valence-electron chi connectivity index (χ2n) is 6.66. The van der Waals surface area contributed by atoms with Crippen molar-refractivity contribution in [2.45, 2.75) is 13.1 Å². The molecule has 0 saturated carbocycles. The molecule has 2 rings (SSSR count). The summed E-state index contributed by atoms with van der Waals surface area (Å²) in [5.41, 5.74) is 2.05. The van der Waals surface area contributed by atoms with Crippen LogP contribution in [0.5, 0.6) is 11.5 Å². The van der Waals surface area contributed by atoms with Gasteiger partial charge in [-0.05, 0) is 49.5 Å². The molecule has 0 aliphatic carbocycles. The minimum absolute atomic E-state index is 0.121. The molecule has 2 aromatic rings. The number of carbonyl (C=O) groups excluding carboxylic acids is 1. The second kappa shape index (κ2) is 10.4. The Hall–Kier alpha value is -2.73. The largest absolute Gasteiger partial charge is 0.497 e. The molecule has 6 nitrogen and oxygen atoms in total. The van der Waals surface area contributed by atoms with E-state index in [9.17, 15) is 4.79 Å². The van der Waals surface area contributed by atoms with Gasteiger partial charge in [-0.15, -0.1) is 0 Å². The molecule has 2 amide bonds. The van der Waals surface area contributed by atoms with Gasteiger partial charge in [-0.3, -0.25) is 0 Å². The lowest BCUT2D eigenvalue weighted by Crippen LogP contribution is -2.36. The normalized spacial score (nSPS) is 10.6. The first kappa shape index (κ1) is 20.6. The van der Waals surface area contributed by atoms with Gasteiger partial charge in [-0.25, -0.2) is 4.79 Å². The standard InChI is InChI=1S/C21H29N3O3/c1-23(2)12-13-27-20-7-5-6-18(14-20)15-22-21(25)24(3)16-17-8-10-19(26-4)11-9-17/h5-11,14H,12-13,15-16H2,1-4H3,(H,22,25). The number of nitrogens with zero attached hydrogens (tertiary/aromatic N) is 2. The van der Waals surface area contributed by atoms with E-state index in [4.69, 9.17) is 9.47 Å². The highest BCUT2D eigenvalue weighted by molar-refractivity contribution is 5.73. The number of likely N-dealkylation sites (N-methyl/N-ethyl adjacent to an activating group) is 1. The van der Waals surface area contributed by atoms with E-state index in [1.807, 2.05) is 62.6 Å². The molecule has 0 saturated heterocycles. The Bertz CT molecular complexity index is 717. The van der Waals surface area contributed by atoms with Crippen molar-refractivity contribution in [1.82, 2.24) is 15.1 Å². The van der Waals surface area contributed by atoms with Crippen LogP contribution >= 0.6 is 0 Å². The molecule has 0 spiro atoms. The Balaban J connectivity index is 1.81. The Morgan fingerprint density at radius 3 is 2.41 bits per heavy atom. The minimum atomic E-state index is -0.121. The Labute approximate surface area is 161 Å². The van der Waals surface area contributed by atoms with Gasteiger partial charge in [0, 0.05) is 26.7 Å². The van der Waals surface area contributed by atoms with Crippen molar-refractivity contribution in [1.29, 1.82) is 0 Å². The molecule has 0 fully saturated rings. The van der Waals surface area contributed by atoms with E-state index in [-0.39, 0.29) is 6.03 Å². The van der Waals surface area contributed by atoms with Gasteiger partial charge in [-0.1, -0.05) is 24.3 Å². The van der Waals surface area contributed by atoms with Crippen LogP contribution in [0.15, 0.2) is 48.5 Å². The van der Waals surface area contributed by atoms with Crippen molar-refractivity contribution in [3.05, 3.63) is 59.7 Å². The molecule has 0 heterocycles. The van der Waals surface area contributed by atoms with Crippen LogP contribution in [-0.4, -0.2) is 57.2 Å². The predicted octanol–water partition coefficient (Wildman–Crippen LogP) is 2.98. The maximum absolute atomic E-state index is 12.3. The molecule has 27 heavy (non-hydrogen) atoms. The number of urea groups is 1. The fourth-order valence-corrected chi connectivity index (χ4v) is 2.48. The highest BCUT2D eigenvalue weighted by Crippen LogP contribution is 2.14. The summed E-state index contributed by atoms with van der Waals surface area (Å²) >= 11 is 0. The van der Waals surface area contributed by atoms with E-state index >= 15 is 0 Å². The van der Waals surface area contributed by atoms with Gasteiger partial charge < -0.3 is 24.6 Å². The summed E-state index contributed by atoms with van der Waals surface area (Å²) in [6.45, 7) is 2.48. The summed E-state index contributed by atoms with van der Waals surface area (Å²) < 4.78 is 10.9. The molecule has 6 heteroatoms. The van der Waals surface area contributed by atoms with Crippen LogP contribution in [0.25, 0.3) is 0 Å². The second-order valence-corrected chi connectivity index (χ2v) is 6.66. The van der Waals surface area contributed by atoms with Crippen LogP contribution in [0.4, 0.5) is 4.79 Å². The van der Waals surface area contributed by atoms with E-state index in [0.29, 0.717) is 19.7 Å². The van der Waals surface area contributed by atoms with Crippen molar-refractivity contribution in [3.63, 3.8) is 0 Å². The topological polar surface area (TPSA) is 54.0 Å². The molecule has 0 aliphatic heterocycles. The summed E-state index contributed by atoms with van der Waals surface area (Å²) in [6, 6.07) is 15.4. The van der Waals surface area contributed by atoms with Crippen molar-refractivity contribution >= 4 is 6.03 Å². The first-order valence-corrected chi connectivity index (χ1v) is 8.96. The summed E-state index contributed by atoms with van der Waals surface area (Å²) in [6.07, 6.45) is 0. The number of hydrogen-bond donors (Lipinski definition) is 1. The molecule has 0 aromatic heterocycles. The molecule has 0 unspecified atom stereocenters. The number of amides is 2. The maximum atomic E-state index is 12.3. The average molecular weight is 371 g/mol. The lowest BCUT2D eigenvalue weighted by Gasteiger charge is -2.18. The van der Waals surface area contributed by atoms with E-state index in [0.717, 1.165) is 29.2 Å². The highest BCUT2D eigenvalue weighted by Gasteiger charge is 2.09. The number of benzene rings is 2. The molecule has 0 radical (unpaired) electrons. The van der Waals surface area contributed by atoms with Crippen LogP contribution in [-0.2, 0) is 13.1 Å². The molecular formula is C21H29N3O3. The van der Waals surface area contributed by atoms with Crippen molar-refractivity contribution in [3.8, 4) is 11.5 Å². The lowest BCUT2D eigenvalue weighted by molar-refractivity contribution is 0.206. The number of ether oxygens (including phenoxy) is 2. The smallest absolute Gasteiger partial charge is 0.317 e. The van der Waals surface area contributed by atoms with Gasteiger partial charge in [0.2, 0.25) is 0 Å². The van der Waals surface area contributed by atoms with Gasteiger partial charge in [0.05, 0.1) is 7.11 Å². The quantitative estimate of drug-likeness (QED) is 0.736. The maximum Gasteiger partial charge on any atom is 0.317 e. The number of carbonyl (C=O) groups is 1. The molecule has 0 atom stereocenters. The van der Waals surface area contributed by atoms with Gasteiger partial charge in [0.15, 0.2) is 0 Å². The molecule has 0 aliphatic rings. The predicted molar refractivity (Wildman–Crippen MR) is 107 cm³/mol. The highest BCUT2D eigenvalue weighted by atomic mass is 16.5. The zero-order valence-electron chi connectivity index (χ0n) is 16.6. The van der Waals surface area contributed by atoms with E-state index in [1.54, 1.807) is 19.1 Å². The molecule has 146 valence electrons. The van der Waals surface area contributed by atoms with Crippen LogP contribution in [0, 0.1) is 0 Å². The zero-order valence-corrected chi connectivity index (χ0v) is 16.6. The van der Waals surface area contributed by atoms with E-state index < -0.39 is 0 Å². The van der Waals surface area contributed by atoms with Crippen molar-refractivity contribution in [2.75, 3.05) is 41.4 Å². The van der Waals surface area contributed by atoms with Crippen LogP contribution in [0.1, 0.15) is 11.1 Å². The average Bonchev–Trinajstić information content (AvgIpc) is 2.66. The van der Waals surface area contributed by atoms with Gasteiger partial charge >= 0.3 is 6.03 Å². The van der Waals surface area contributed by atoms with Crippen LogP contribution in [0.3, 0.4) is 0 Å². The molecule has 0 bridgehead atoms. The third-order valence-corrected chi connectivity index (χ3v) is 4.07. The Morgan fingerprint density at radius 1 is 1.00 bits per heavy atom. The third-order valence-electron chi connectivity index (χ3n) is 4.07. The van der Waals surface area contributed by atoms with Gasteiger partial charge in [0.1, 0.15) is 18.1 Å². The Morgan fingerprint density at radius 2 is 1.74 bits per heavy atom. The van der Waals surface area contributed by atoms with E-state index in [1.165, 1.54) is 0 Å². The number of rotatable bonds is 9. The van der Waals surface area contributed by atoms with Crippen LogP contribution in [0.2, 0.25) is 0 Å². The minimum Gasteiger partial charge on any atom is -0.497 e. The summed E-state index contributed by atoms with van der Waals surface area (Å²) in [5, 5.41) is 2.94. The zero-order chi connectivity index (χ0) is 19.6. The van der Waals surface area contributed by atoms with E-state index in [2.05, 4.69) is 10.2 Å². The molecular weight excluding hydrogens is 342 g/mol. The fraction of sp³-hybridized carbons (Fsp3) is 0.381. The molecule has 1 N–H and O–H groups in total. The summed E-state index contributed by atoms with van der Waals surface area (Å²) in [4.78, 5) is 16.1. The molecule has 2 aromatic carbocycles. The first-order chi connectivity index (χ1) is 13.0. The summed E-state index contributed by atoms with van der Waals surface area (Å²) in [7, 11) is 7.44. The SMILES string of the molecule is COc1ccc(CN(C)C(=O)NCc2cccc(OCCN(C)C)c2)cc1. The lowest BCUT2D eigenvalue weighted by atomic mass is 10.2. The fourth-order valence-electron chi connectivity index (χ4n) is 2.48. The number of nitrogens with one attached hydrogen (secondary N) is 1. The number of hydrogen-bond acceptors (Lipinski definition) is 4. The first-order valence-electron chi connectivity index (χ1n) is 8.96. The Kier molecular flexibility index (Phi) is 7.95. The van der Waals surface area contributed by atoms with Gasteiger partial charge in [-0.2, -0.15) is 0 Å². The monoisotopic (exact) mass is 371 g/mol.